The zero-order valence-electron chi connectivity index (χ0n) is 16.5. The van der Waals surface area contributed by atoms with Crippen LogP contribution in [0.5, 0.6) is 11.5 Å². The van der Waals surface area contributed by atoms with Gasteiger partial charge in [-0.15, -0.1) is 0 Å². The highest BCUT2D eigenvalue weighted by Gasteiger charge is 2.29. The van der Waals surface area contributed by atoms with Crippen LogP contribution in [0.15, 0.2) is 30.3 Å². The average molecular weight is 422 g/mol. The van der Waals surface area contributed by atoms with Gasteiger partial charge in [-0.25, -0.2) is 13.2 Å². The molecule has 2 aromatic carbocycles. The van der Waals surface area contributed by atoms with Crippen molar-refractivity contribution in [3.63, 3.8) is 0 Å². The molecule has 6 nitrogen and oxygen atoms in total. The normalized spacial score (nSPS) is 14.4. The van der Waals surface area contributed by atoms with Crippen LogP contribution in [-0.2, 0) is 0 Å². The minimum atomic E-state index is -1.67. The molecule has 0 spiro atoms. The van der Waals surface area contributed by atoms with E-state index in [0.29, 0.717) is 24.3 Å². The van der Waals surface area contributed by atoms with Gasteiger partial charge >= 0.3 is 0 Å². The van der Waals surface area contributed by atoms with Crippen LogP contribution >= 0.6 is 0 Å². The number of likely N-dealkylation sites (tertiary alicyclic amines) is 1. The van der Waals surface area contributed by atoms with Crippen molar-refractivity contribution in [2.45, 2.75) is 18.9 Å². The smallest absolute Gasteiger partial charge is 0.259 e. The molecular formula is C21H21F3N2O4. The van der Waals surface area contributed by atoms with Gasteiger partial charge in [-0.2, -0.15) is 0 Å². The van der Waals surface area contributed by atoms with Crippen molar-refractivity contribution in [1.29, 1.82) is 0 Å². The molecule has 0 aliphatic carbocycles. The molecule has 160 valence electrons. The highest BCUT2D eigenvalue weighted by molar-refractivity contribution is 6.00. The second-order valence-electron chi connectivity index (χ2n) is 6.80. The Kier molecular flexibility index (Phi) is 6.49. The molecule has 1 saturated heterocycles. The summed E-state index contributed by atoms with van der Waals surface area (Å²) in [4.78, 5) is 26.6. The first-order valence-electron chi connectivity index (χ1n) is 9.32. The van der Waals surface area contributed by atoms with Crippen LogP contribution in [0.25, 0.3) is 0 Å². The molecule has 1 fully saturated rings. The third-order valence-electron chi connectivity index (χ3n) is 5.04. The lowest BCUT2D eigenvalue weighted by atomic mass is 10.0. The van der Waals surface area contributed by atoms with Gasteiger partial charge in [-0.05, 0) is 37.1 Å². The molecule has 2 aromatic rings. The summed E-state index contributed by atoms with van der Waals surface area (Å²) in [5, 5.41) is 2.89. The highest BCUT2D eigenvalue weighted by atomic mass is 19.2. The summed E-state index contributed by atoms with van der Waals surface area (Å²) >= 11 is 0. The average Bonchev–Trinajstić information content (AvgIpc) is 2.77. The molecule has 1 aliphatic heterocycles. The van der Waals surface area contributed by atoms with E-state index in [2.05, 4.69) is 5.32 Å². The van der Waals surface area contributed by atoms with Crippen LogP contribution in [0.1, 0.15) is 33.6 Å². The number of hydrogen-bond donors (Lipinski definition) is 1. The Morgan fingerprint density at radius 1 is 0.967 bits per heavy atom. The van der Waals surface area contributed by atoms with Crippen molar-refractivity contribution in [1.82, 2.24) is 10.2 Å². The van der Waals surface area contributed by atoms with E-state index in [1.54, 1.807) is 18.2 Å². The molecule has 1 aliphatic rings. The van der Waals surface area contributed by atoms with Crippen molar-refractivity contribution in [2.24, 2.45) is 0 Å². The largest absolute Gasteiger partial charge is 0.496 e. The van der Waals surface area contributed by atoms with E-state index < -0.39 is 28.9 Å². The summed E-state index contributed by atoms with van der Waals surface area (Å²) in [5.41, 5.74) is -0.250. The summed E-state index contributed by atoms with van der Waals surface area (Å²) in [5.74, 6) is -4.88. The first-order chi connectivity index (χ1) is 14.4. The van der Waals surface area contributed by atoms with E-state index in [0.717, 1.165) is 12.1 Å². The minimum Gasteiger partial charge on any atom is -0.496 e. The molecule has 0 unspecified atom stereocenters. The Morgan fingerprint density at radius 2 is 1.57 bits per heavy atom. The second-order valence-corrected chi connectivity index (χ2v) is 6.80. The number of benzene rings is 2. The first kappa shape index (κ1) is 21.5. The zero-order chi connectivity index (χ0) is 21.8. The summed E-state index contributed by atoms with van der Waals surface area (Å²) in [6.45, 7) is 0.455. The molecule has 3 rings (SSSR count). The van der Waals surface area contributed by atoms with Crippen LogP contribution in [0.2, 0.25) is 0 Å². The van der Waals surface area contributed by atoms with Crippen LogP contribution in [0, 0.1) is 17.5 Å². The predicted octanol–water partition coefficient (Wildman–Crippen LogP) is 3.16. The van der Waals surface area contributed by atoms with E-state index in [4.69, 9.17) is 9.47 Å². The van der Waals surface area contributed by atoms with E-state index in [1.807, 2.05) is 0 Å². The maximum absolute atomic E-state index is 13.9. The minimum absolute atomic E-state index is 0.227. The predicted molar refractivity (Wildman–Crippen MR) is 102 cm³/mol. The Hall–Kier alpha value is -3.23. The Morgan fingerprint density at radius 3 is 2.13 bits per heavy atom. The highest BCUT2D eigenvalue weighted by Crippen LogP contribution is 2.28. The van der Waals surface area contributed by atoms with Crippen molar-refractivity contribution in [3.8, 4) is 11.5 Å². The van der Waals surface area contributed by atoms with Crippen LogP contribution in [0.3, 0.4) is 0 Å². The number of piperidine rings is 1. The maximum atomic E-state index is 13.9. The molecule has 30 heavy (non-hydrogen) atoms. The van der Waals surface area contributed by atoms with Gasteiger partial charge in [0.25, 0.3) is 11.8 Å². The van der Waals surface area contributed by atoms with E-state index >= 15 is 0 Å². The third-order valence-corrected chi connectivity index (χ3v) is 5.04. The molecule has 0 saturated carbocycles. The van der Waals surface area contributed by atoms with Gasteiger partial charge in [0.2, 0.25) is 0 Å². The zero-order valence-corrected chi connectivity index (χ0v) is 16.5. The summed E-state index contributed by atoms with van der Waals surface area (Å²) in [6, 6.07) is 6.42. The van der Waals surface area contributed by atoms with Gasteiger partial charge in [0, 0.05) is 19.1 Å². The number of nitrogens with zero attached hydrogens (tertiary/aromatic N) is 1. The second kappa shape index (κ2) is 9.06. The van der Waals surface area contributed by atoms with Gasteiger partial charge in [-0.3, -0.25) is 9.59 Å². The number of methoxy groups -OCH3 is 2. The number of hydrogen-bond acceptors (Lipinski definition) is 4. The monoisotopic (exact) mass is 422 g/mol. The number of ether oxygens (including phenoxy) is 2. The lowest BCUT2D eigenvalue weighted by Gasteiger charge is -2.32. The van der Waals surface area contributed by atoms with E-state index in [9.17, 15) is 22.8 Å². The summed E-state index contributed by atoms with van der Waals surface area (Å²) in [7, 11) is 2.90. The van der Waals surface area contributed by atoms with Crippen molar-refractivity contribution < 1.29 is 32.2 Å². The first-order valence-corrected chi connectivity index (χ1v) is 9.32. The standard InChI is InChI=1S/C21H21F3N2O4/c1-29-15-4-3-5-16(30-2)17(15)20(27)25-12-8-10-26(11-9-12)21(28)13-6-7-14(22)19(24)18(13)23/h3-7,12H,8-11H2,1-2H3,(H,25,27). The Labute approximate surface area is 171 Å². The van der Waals surface area contributed by atoms with E-state index in [-0.39, 0.29) is 30.6 Å². The molecule has 9 heteroatoms. The fourth-order valence-electron chi connectivity index (χ4n) is 3.42. The number of amides is 2. The molecule has 1 N–H and O–H groups in total. The van der Waals surface area contributed by atoms with Crippen molar-refractivity contribution >= 4 is 11.8 Å². The maximum Gasteiger partial charge on any atom is 0.259 e. The molecule has 0 atom stereocenters. The van der Waals surface area contributed by atoms with Gasteiger partial charge in [-0.1, -0.05) is 6.07 Å². The topological polar surface area (TPSA) is 67.9 Å². The molecule has 2 amide bonds. The number of halogens is 3. The fraction of sp³-hybridized carbons (Fsp3) is 0.333. The van der Waals surface area contributed by atoms with Gasteiger partial charge in [0.15, 0.2) is 17.5 Å². The number of nitrogens with one attached hydrogen (secondary N) is 1. The van der Waals surface area contributed by atoms with Gasteiger partial charge in [0.05, 0.1) is 19.8 Å². The van der Waals surface area contributed by atoms with Crippen LogP contribution < -0.4 is 14.8 Å². The van der Waals surface area contributed by atoms with Gasteiger partial charge < -0.3 is 19.7 Å². The van der Waals surface area contributed by atoms with Crippen LogP contribution in [-0.4, -0.2) is 50.1 Å². The molecule has 1 heterocycles. The third kappa shape index (κ3) is 4.19. The number of carbonyl (C=O) groups excluding carboxylic acids is 2. The van der Waals surface area contributed by atoms with Crippen molar-refractivity contribution in [3.05, 3.63) is 58.9 Å². The Balaban J connectivity index is 1.65. The molecular weight excluding hydrogens is 401 g/mol. The quantitative estimate of drug-likeness (QED) is 0.752. The molecule has 0 aromatic heterocycles. The number of carbonyl (C=O) groups is 2. The van der Waals surface area contributed by atoms with E-state index in [1.165, 1.54) is 19.1 Å². The lowest BCUT2D eigenvalue weighted by Crippen LogP contribution is -2.46. The molecule has 0 radical (unpaired) electrons. The SMILES string of the molecule is COc1cccc(OC)c1C(=O)NC1CCN(C(=O)c2ccc(F)c(F)c2F)CC1. The molecule has 0 bridgehead atoms. The van der Waals surface area contributed by atoms with Crippen molar-refractivity contribution in [2.75, 3.05) is 27.3 Å². The van der Waals surface area contributed by atoms with Gasteiger partial charge in [0.1, 0.15) is 17.1 Å². The fourth-order valence-corrected chi connectivity index (χ4v) is 3.42. The number of rotatable bonds is 5. The van der Waals surface area contributed by atoms with Crippen LogP contribution in [0.4, 0.5) is 13.2 Å². The summed E-state index contributed by atoms with van der Waals surface area (Å²) < 4.78 is 50.9. The summed E-state index contributed by atoms with van der Waals surface area (Å²) in [6.07, 6.45) is 0.834. The Bertz CT molecular complexity index is 937. The lowest BCUT2D eigenvalue weighted by molar-refractivity contribution is 0.0692.